The fourth-order valence-electron chi connectivity index (χ4n) is 2.06. The van der Waals surface area contributed by atoms with E-state index in [0.717, 1.165) is 37.6 Å². The molecular weight excluding hydrogens is 273 g/mol. The van der Waals surface area contributed by atoms with Crippen LogP contribution in [-0.4, -0.2) is 45.2 Å². The van der Waals surface area contributed by atoms with Crippen LogP contribution in [0.4, 0.5) is 11.4 Å². The number of nitrogen functional groups attached to an aromatic ring is 1. The number of rotatable bonds is 2. The fraction of sp³-hybridized carbons (Fsp3) is 0.500. The van der Waals surface area contributed by atoms with Gasteiger partial charge in [0.25, 0.3) is 0 Å². The molecule has 0 aliphatic carbocycles. The summed E-state index contributed by atoms with van der Waals surface area (Å²) in [5.41, 5.74) is 7.72. The summed E-state index contributed by atoms with van der Waals surface area (Å²) < 4.78 is 5.38. The fourth-order valence-corrected chi connectivity index (χ4v) is 2.06. The molecule has 1 aliphatic rings. The van der Waals surface area contributed by atoms with Crippen LogP contribution in [0, 0.1) is 0 Å². The number of piperazine rings is 1. The standard InChI is InChI=1S/C12H19N3O.2ClH/c1-14-6-8-15(9-7-14)11-5-3-4-10(13)12(11)16-2;;/h3-5H,6-9,13H2,1-2H3;2*1H. The molecule has 1 aromatic rings. The van der Waals surface area contributed by atoms with Gasteiger partial charge >= 0.3 is 0 Å². The summed E-state index contributed by atoms with van der Waals surface area (Å²) in [6.45, 7) is 4.21. The van der Waals surface area contributed by atoms with Gasteiger partial charge in [-0.2, -0.15) is 0 Å². The Labute approximate surface area is 121 Å². The van der Waals surface area contributed by atoms with Crippen LogP contribution in [0.3, 0.4) is 0 Å². The van der Waals surface area contributed by atoms with Crippen molar-refractivity contribution in [1.82, 2.24) is 4.90 Å². The molecular formula is C12H21Cl2N3O. The van der Waals surface area contributed by atoms with Gasteiger partial charge in [-0.25, -0.2) is 0 Å². The van der Waals surface area contributed by atoms with E-state index in [1.165, 1.54) is 0 Å². The van der Waals surface area contributed by atoms with Crippen LogP contribution in [0.2, 0.25) is 0 Å². The average molecular weight is 294 g/mol. The highest BCUT2D eigenvalue weighted by Crippen LogP contribution is 2.33. The van der Waals surface area contributed by atoms with Gasteiger partial charge < -0.3 is 20.3 Å². The van der Waals surface area contributed by atoms with Crippen LogP contribution in [0.5, 0.6) is 5.75 Å². The molecule has 2 N–H and O–H groups in total. The summed E-state index contributed by atoms with van der Waals surface area (Å²) in [6, 6.07) is 5.92. The SMILES string of the molecule is COc1c(N)cccc1N1CCN(C)CC1.Cl.Cl. The average Bonchev–Trinajstić information content (AvgIpc) is 2.30. The van der Waals surface area contributed by atoms with Crippen LogP contribution >= 0.6 is 24.8 Å². The van der Waals surface area contributed by atoms with E-state index in [1.807, 2.05) is 12.1 Å². The first-order chi connectivity index (χ1) is 7.72. The second-order valence-corrected chi connectivity index (χ2v) is 4.19. The lowest BCUT2D eigenvalue weighted by Gasteiger charge is -2.34. The zero-order chi connectivity index (χ0) is 11.5. The molecule has 0 amide bonds. The molecule has 2 rings (SSSR count). The van der Waals surface area contributed by atoms with Crippen LogP contribution < -0.4 is 15.4 Å². The molecule has 0 unspecified atom stereocenters. The summed E-state index contributed by atoms with van der Waals surface area (Å²) in [5.74, 6) is 0.798. The molecule has 1 aromatic carbocycles. The van der Waals surface area contributed by atoms with Crippen molar-refractivity contribution in [3.05, 3.63) is 18.2 Å². The quantitative estimate of drug-likeness (QED) is 0.846. The predicted molar refractivity (Wildman–Crippen MR) is 81.6 cm³/mol. The van der Waals surface area contributed by atoms with Gasteiger partial charge in [-0.1, -0.05) is 6.07 Å². The van der Waals surface area contributed by atoms with E-state index in [4.69, 9.17) is 10.5 Å². The van der Waals surface area contributed by atoms with Gasteiger partial charge in [0.2, 0.25) is 0 Å². The Morgan fingerprint density at radius 2 is 1.72 bits per heavy atom. The largest absolute Gasteiger partial charge is 0.492 e. The maximum atomic E-state index is 5.90. The number of methoxy groups -OCH3 is 1. The summed E-state index contributed by atoms with van der Waals surface area (Å²) >= 11 is 0. The number of hydrogen-bond donors (Lipinski definition) is 1. The van der Waals surface area contributed by atoms with Crippen LogP contribution in [0.1, 0.15) is 0 Å². The van der Waals surface area contributed by atoms with E-state index < -0.39 is 0 Å². The molecule has 0 bridgehead atoms. The third-order valence-electron chi connectivity index (χ3n) is 3.07. The molecule has 0 radical (unpaired) electrons. The number of nitrogens with zero attached hydrogens (tertiary/aromatic N) is 2. The molecule has 1 aliphatic heterocycles. The van der Waals surface area contributed by atoms with Crippen molar-refractivity contribution in [2.75, 3.05) is 51.0 Å². The maximum Gasteiger partial charge on any atom is 0.165 e. The van der Waals surface area contributed by atoms with E-state index in [0.29, 0.717) is 5.69 Å². The summed E-state index contributed by atoms with van der Waals surface area (Å²) in [4.78, 5) is 4.66. The third kappa shape index (κ3) is 3.57. The molecule has 1 fully saturated rings. The Morgan fingerprint density at radius 1 is 1.11 bits per heavy atom. The second-order valence-electron chi connectivity index (χ2n) is 4.19. The number of ether oxygens (including phenoxy) is 1. The summed E-state index contributed by atoms with van der Waals surface area (Å²) in [6.07, 6.45) is 0. The molecule has 1 saturated heterocycles. The zero-order valence-corrected chi connectivity index (χ0v) is 12.4. The number of para-hydroxylation sites is 1. The van der Waals surface area contributed by atoms with Gasteiger partial charge in [-0.3, -0.25) is 0 Å². The van der Waals surface area contributed by atoms with Crippen LogP contribution in [0.15, 0.2) is 18.2 Å². The van der Waals surface area contributed by atoms with E-state index in [9.17, 15) is 0 Å². The summed E-state index contributed by atoms with van der Waals surface area (Å²) in [7, 11) is 3.82. The summed E-state index contributed by atoms with van der Waals surface area (Å²) in [5, 5.41) is 0. The first kappa shape index (κ1) is 17.2. The van der Waals surface area contributed by atoms with E-state index in [2.05, 4.69) is 22.9 Å². The Hall–Kier alpha value is -0.840. The lowest BCUT2D eigenvalue weighted by molar-refractivity contribution is 0.311. The predicted octanol–water partition coefficient (Wildman–Crippen LogP) is 1.87. The Morgan fingerprint density at radius 3 is 2.28 bits per heavy atom. The van der Waals surface area contributed by atoms with Gasteiger partial charge in [0, 0.05) is 26.2 Å². The molecule has 0 saturated carbocycles. The van der Waals surface area contributed by atoms with Crippen molar-refractivity contribution >= 4 is 36.2 Å². The number of nitrogens with two attached hydrogens (primary N) is 1. The van der Waals surface area contributed by atoms with Crippen molar-refractivity contribution in [2.45, 2.75) is 0 Å². The Bertz CT molecular complexity index is 368. The van der Waals surface area contributed by atoms with Crippen LogP contribution in [-0.2, 0) is 0 Å². The van der Waals surface area contributed by atoms with Gasteiger partial charge in [-0.15, -0.1) is 24.8 Å². The Balaban J connectivity index is 0.00000144. The molecule has 1 heterocycles. The highest BCUT2D eigenvalue weighted by atomic mass is 35.5. The van der Waals surface area contributed by atoms with Crippen LogP contribution in [0.25, 0.3) is 0 Å². The number of hydrogen-bond acceptors (Lipinski definition) is 4. The molecule has 6 heteroatoms. The molecule has 104 valence electrons. The molecule has 0 aromatic heterocycles. The smallest absolute Gasteiger partial charge is 0.165 e. The van der Waals surface area contributed by atoms with E-state index >= 15 is 0 Å². The van der Waals surface area contributed by atoms with Crippen molar-refractivity contribution in [2.24, 2.45) is 0 Å². The van der Waals surface area contributed by atoms with Gasteiger partial charge in [-0.05, 0) is 19.2 Å². The monoisotopic (exact) mass is 293 g/mol. The van der Waals surface area contributed by atoms with Gasteiger partial charge in [0.1, 0.15) is 0 Å². The second kappa shape index (κ2) is 7.56. The minimum atomic E-state index is 0. The number of likely N-dealkylation sites (N-methyl/N-ethyl adjacent to an activating group) is 1. The van der Waals surface area contributed by atoms with Crippen molar-refractivity contribution < 1.29 is 4.74 Å². The minimum Gasteiger partial charge on any atom is -0.492 e. The van der Waals surface area contributed by atoms with Crippen molar-refractivity contribution in [3.8, 4) is 5.75 Å². The first-order valence-electron chi connectivity index (χ1n) is 5.58. The van der Waals surface area contributed by atoms with E-state index in [-0.39, 0.29) is 24.8 Å². The number of benzene rings is 1. The van der Waals surface area contributed by atoms with Crippen molar-refractivity contribution in [3.63, 3.8) is 0 Å². The topological polar surface area (TPSA) is 41.7 Å². The molecule has 4 nitrogen and oxygen atoms in total. The van der Waals surface area contributed by atoms with E-state index in [1.54, 1.807) is 7.11 Å². The lowest BCUT2D eigenvalue weighted by atomic mass is 10.2. The molecule has 0 spiro atoms. The number of anilines is 2. The lowest BCUT2D eigenvalue weighted by Crippen LogP contribution is -2.44. The first-order valence-corrected chi connectivity index (χ1v) is 5.58. The van der Waals surface area contributed by atoms with Gasteiger partial charge in [0.15, 0.2) is 5.75 Å². The maximum absolute atomic E-state index is 5.90. The Kier molecular flexibility index (Phi) is 7.21. The highest BCUT2D eigenvalue weighted by molar-refractivity contribution is 5.85. The highest BCUT2D eigenvalue weighted by Gasteiger charge is 2.18. The molecule has 0 atom stereocenters. The zero-order valence-electron chi connectivity index (χ0n) is 10.8. The minimum absolute atomic E-state index is 0. The molecule has 18 heavy (non-hydrogen) atoms. The number of halogens is 2. The normalized spacial score (nSPS) is 15.6. The third-order valence-corrected chi connectivity index (χ3v) is 3.07. The van der Waals surface area contributed by atoms with Crippen molar-refractivity contribution in [1.29, 1.82) is 0 Å². The van der Waals surface area contributed by atoms with Gasteiger partial charge in [0.05, 0.1) is 18.5 Å².